The Morgan fingerprint density at radius 3 is 2.72 bits per heavy atom. The smallest absolute Gasteiger partial charge is 0.350 e. The van der Waals surface area contributed by atoms with Gasteiger partial charge in [0.25, 0.3) is 0 Å². The maximum absolute atomic E-state index is 11.8. The molecule has 0 aliphatic carbocycles. The molecular weight excluding hydrogens is 400 g/mol. The Hall–Kier alpha value is -3.21. The summed E-state index contributed by atoms with van der Waals surface area (Å²) in [6.45, 7) is 4.11. The van der Waals surface area contributed by atoms with Crippen LogP contribution < -0.4 is 14.9 Å². The van der Waals surface area contributed by atoms with E-state index in [4.69, 9.17) is 14.2 Å². The predicted molar refractivity (Wildman–Crippen MR) is 109 cm³/mol. The highest BCUT2D eigenvalue weighted by molar-refractivity contribution is 7.17. The first-order valence-corrected chi connectivity index (χ1v) is 9.63. The molecule has 10 nitrogen and oxygen atoms in total. The van der Waals surface area contributed by atoms with Crippen LogP contribution in [0.1, 0.15) is 41.2 Å². The number of hydrogen-bond acceptors (Lipinski definition) is 10. The minimum Gasteiger partial charge on any atom is -0.493 e. The van der Waals surface area contributed by atoms with Crippen LogP contribution in [0.2, 0.25) is 0 Å². The molecule has 2 rings (SSSR count). The van der Waals surface area contributed by atoms with E-state index < -0.39 is 10.9 Å². The molecule has 29 heavy (non-hydrogen) atoms. The molecule has 0 atom stereocenters. The van der Waals surface area contributed by atoms with Gasteiger partial charge in [0.15, 0.2) is 5.75 Å². The van der Waals surface area contributed by atoms with Crippen LogP contribution in [0, 0.1) is 10.1 Å². The van der Waals surface area contributed by atoms with Gasteiger partial charge >= 0.3 is 11.7 Å². The van der Waals surface area contributed by atoms with Crippen molar-refractivity contribution >= 4 is 34.3 Å². The van der Waals surface area contributed by atoms with Crippen LogP contribution >= 0.6 is 11.3 Å². The maximum Gasteiger partial charge on any atom is 0.350 e. The number of nitrogens with one attached hydrogen (secondary N) is 1. The SMILES string of the molecule is CCCOc1c(OC)cc(/C=N\Nc2nc(CC)c(C(=O)OC)s2)cc1[N+](=O)[O-]. The van der Waals surface area contributed by atoms with Gasteiger partial charge in [-0.05, 0) is 18.9 Å². The number of methoxy groups -OCH3 is 2. The lowest BCUT2D eigenvalue weighted by atomic mass is 10.2. The van der Waals surface area contributed by atoms with Crippen molar-refractivity contribution in [2.24, 2.45) is 5.10 Å². The van der Waals surface area contributed by atoms with Gasteiger partial charge in [-0.3, -0.25) is 15.5 Å². The van der Waals surface area contributed by atoms with Crippen LogP contribution in [0.15, 0.2) is 17.2 Å². The molecule has 1 N–H and O–H groups in total. The number of carbonyl (C=O) groups is 1. The fourth-order valence-corrected chi connectivity index (χ4v) is 3.29. The van der Waals surface area contributed by atoms with Crippen molar-refractivity contribution in [2.75, 3.05) is 26.3 Å². The number of rotatable bonds is 10. The Kier molecular flexibility index (Phi) is 7.89. The number of hydrogen-bond donors (Lipinski definition) is 1. The molecule has 0 radical (unpaired) electrons. The normalized spacial score (nSPS) is 10.8. The van der Waals surface area contributed by atoms with Crippen LogP contribution in [0.25, 0.3) is 0 Å². The van der Waals surface area contributed by atoms with E-state index in [0.29, 0.717) is 40.7 Å². The first-order valence-electron chi connectivity index (χ1n) is 8.81. The molecule has 2 aromatic rings. The van der Waals surface area contributed by atoms with Crippen molar-refractivity contribution in [3.8, 4) is 11.5 Å². The fraction of sp³-hybridized carbons (Fsp3) is 0.389. The van der Waals surface area contributed by atoms with E-state index in [-0.39, 0.29) is 17.2 Å². The summed E-state index contributed by atoms with van der Waals surface area (Å²) in [5, 5.41) is 15.9. The van der Waals surface area contributed by atoms with Crippen LogP contribution in [-0.4, -0.2) is 42.9 Å². The molecule has 1 aromatic heterocycles. The van der Waals surface area contributed by atoms with Gasteiger partial charge in [0.2, 0.25) is 10.9 Å². The fourth-order valence-electron chi connectivity index (χ4n) is 2.37. The summed E-state index contributed by atoms with van der Waals surface area (Å²) in [6.07, 6.45) is 2.66. The molecular formula is C18H22N4O6S. The molecule has 0 spiro atoms. The largest absolute Gasteiger partial charge is 0.493 e. The number of aromatic nitrogens is 1. The number of esters is 1. The summed E-state index contributed by atoms with van der Waals surface area (Å²) in [5.41, 5.74) is 3.56. The van der Waals surface area contributed by atoms with Gasteiger partial charge in [-0.2, -0.15) is 5.10 Å². The standard InChI is InChI=1S/C18H22N4O6S/c1-5-7-28-15-13(22(24)25)8-11(9-14(15)26-3)10-19-21-18-20-12(6-2)16(29-18)17(23)27-4/h8-10H,5-7H2,1-4H3,(H,20,21)/b19-10-. The number of aryl methyl sites for hydroxylation is 1. The third kappa shape index (κ3) is 5.41. The zero-order chi connectivity index (χ0) is 21.4. The van der Waals surface area contributed by atoms with E-state index in [0.717, 1.165) is 11.3 Å². The molecule has 1 heterocycles. The molecule has 0 aliphatic rings. The summed E-state index contributed by atoms with van der Waals surface area (Å²) in [7, 11) is 2.72. The number of hydrazone groups is 1. The van der Waals surface area contributed by atoms with E-state index in [1.807, 2.05) is 13.8 Å². The highest BCUT2D eigenvalue weighted by Gasteiger charge is 2.22. The Morgan fingerprint density at radius 1 is 1.38 bits per heavy atom. The van der Waals surface area contributed by atoms with E-state index in [1.54, 1.807) is 6.07 Å². The Morgan fingerprint density at radius 2 is 2.14 bits per heavy atom. The third-order valence-corrected chi connectivity index (χ3v) is 4.68. The molecule has 0 saturated heterocycles. The number of nitrogens with zero attached hydrogens (tertiary/aromatic N) is 3. The Balaban J connectivity index is 2.26. The molecule has 1 aromatic carbocycles. The molecule has 0 saturated carbocycles. The van der Waals surface area contributed by atoms with Crippen LogP contribution in [0.5, 0.6) is 11.5 Å². The van der Waals surface area contributed by atoms with Crippen LogP contribution in [0.4, 0.5) is 10.8 Å². The zero-order valence-corrected chi connectivity index (χ0v) is 17.4. The summed E-state index contributed by atoms with van der Waals surface area (Å²) >= 11 is 1.12. The summed E-state index contributed by atoms with van der Waals surface area (Å²) in [6, 6.07) is 2.93. The van der Waals surface area contributed by atoms with Gasteiger partial charge in [0.05, 0.1) is 37.7 Å². The highest BCUT2D eigenvalue weighted by atomic mass is 32.1. The molecule has 11 heteroatoms. The minimum atomic E-state index is -0.532. The van der Waals surface area contributed by atoms with Gasteiger partial charge in [0.1, 0.15) is 4.88 Å². The van der Waals surface area contributed by atoms with E-state index >= 15 is 0 Å². The lowest BCUT2D eigenvalue weighted by molar-refractivity contribution is -0.386. The number of carbonyl (C=O) groups excluding carboxylic acids is 1. The van der Waals surface area contributed by atoms with E-state index in [9.17, 15) is 14.9 Å². The highest BCUT2D eigenvalue weighted by Crippen LogP contribution is 2.38. The maximum atomic E-state index is 11.8. The second-order valence-electron chi connectivity index (χ2n) is 5.69. The lowest BCUT2D eigenvalue weighted by Crippen LogP contribution is -2.03. The third-order valence-electron chi connectivity index (χ3n) is 3.70. The van der Waals surface area contributed by atoms with Gasteiger partial charge in [-0.15, -0.1) is 0 Å². The van der Waals surface area contributed by atoms with Crippen molar-refractivity contribution in [1.82, 2.24) is 4.98 Å². The Bertz CT molecular complexity index is 912. The van der Waals surface area contributed by atoms with Crippen molar-refractivity contribution in [1.29, 1.82) is 0 Å². The second-order valence-corrected chi connectivity index (χ2v) is 6.69. The second kappa shape index (κ2) is 10.4. The van der Waals surface area contributed by atoms with Gasteiger partial charge in [0, 0.05) is 11.6 Å². The zero-order valence-electron chi connectivity index (χ0n) is 16.6. The molecule has 0 amide bonds. The van der Waals surface area contributed by atoms with Crippen molar-refractivity contribution < 1.29 is 23.9 Å². The van der Waals surface area contributed by atoms with Crippen molar-refractivity contribution in [3.63, 3.8) is 0 Å². The minimum absolute atomic E-state index is 0.0830. The topological polar surface area (TPSA) is 125 Å². The first-order chi connectivity index (χ1) is 13.9. The molecule has 156 valence electrons. The van der Waals surface area contributed by atoms with E-state index in [2.05, 4.69) is 15.5 Å². The van der Waals surface area contributed by atoms with Crippen LogP contribution in [-0.2, 0) is 11.2 Å². The van der Waals surface area contributed by atoms with Crippen LogP contribution in [0.3, 0.4) is 0 Å². The van der Waals surface area contributed by atoms with Gasteiger partial charge in [-0.25, -0.2) is 9.78 Å². The molecule has 0 bridgehead atoms. The number of nitro benzene ring substituents is 1. The summed E-state index contributed by atoms with van der Waals surface area (Å²) in [4.78, 5) is 27.4. The lowest BCUT2D eigenvalue weighted by Gasteiger charge is -2.11. The number of nitro groups is 1. The number of anilines is 1. The number of benzene rings is 1. The van der Waals surface area contributed by atoms with Gasteiger partial charge in [-0.1, -0.05) is 25.2 Å². The quantitative estimate of drug-likeness (QED) is 0.266. The van der Waals surface area contributed by atoms with Crippen molar-refractivity contribution in [3.05, 3.63) is 38.4 Å². The first kappa shape index (κ1) is 22.1. The Labute approximate surface area is 171 Å². The molecule has 0 fully saturated rings. The summed E-state index contributed by atoms with van der Waals surface area (Å²) < 4.78 is 15.5. The number of ether oxygens (including phenoxy) is 3. The number of thiazole rings is 1. The average Bonchev–Trinajstić information content (AvgIpc) is 3.14. The monoisotopic (exact) mass is 422 g/mol. The average molecular weight is 422 g/mol. The molecule has 0 unspecified atom stereocenters. The summed E-state index contributed by atoms with van der Waals surface area (Å²) in [5.74, 6) is -0.135. The molecule has 0 aliphatic heterocycles. The van der Waals surface area contributed by atoms with Crippen molar-refractivity contribution in [2.45, 2.75) is 26.7 Å². The predicted octanol–water partition coefficient (Wildman–Crippen LogP) is 3.64. The van der Waals surface area contributed by atoms with Gasteiger partial charge < -0.3 is 14.2 Å². The van der Waals surface area contributed by atoms with E-state index in [1.165, 1.54) is 26.5 Å².